The molecule has 1 N–H and O–H groups in total. The van der Waals surface area contributed by atoms with Crippen molar-refractivity contribution in [3.05, 3.63) is 94.7 Å². The van der Waals surface area contributed by atoms with Crippen LogP contribution < -0.4 is 5.32 Å². The van der Waals surface area contributed by atoms with E-state index in [-0.39, 0.29) is 11.8 Å². The second kappa shape index (κ2) is 10.6. The number of amides is 2. The summed E-state index contributed by atoms with van der Waals surface area (Å²) < 4.78 is 0. The van der Waals surface area contributed by atoms with Crippen molar-refractivity contribution < 1.29 is 9.59 Å². The van der Waals surface area contributed by atoms with E-state index in [9.17, 15) is 9.59 Å². The molecule has 1 aliphatic heterocycles. The second-order valence-corrected chi connectivity index (χ2v) is 9.39. The van der Waals surface area contributed by atoms with Gasteiger partial charge in [0.05, 0.1) is 0 Å². The van der Waals surface area contributed by atoms with Gasteiger partial charge >= 0.3 is 0 Å². The topological polar surface area (TPSA) is 52.7 Å². The molecule has 0 atom stereocenters. The van der Waals surface area contributed by atoms with Gasteiger partial charge < -0.3 is 15.1 Å². The van der Waals surface area contributed by atoms with Crippen LogP contribution in [0.3, 0.4) is 0 Å². The first-order valence-corrected chi connectivity index (χ1v) is 12.1. The summed E-state index contributed by atoms with van der Waals surface area (Å²) in [6.07, 6.45) is 4.59. The fourth-order valence-electron chi connectivity index (χ4n) is 4.21. The molecule has 6 heteroatoms. The number of rotatable bonds is 7. The molecular weight excluding hydrogens is 430 g/mol. The SMILES string of the molecule is CN1CCC(C(=O)Nc2ccccc2)(N(Cc2ccccc2)C(=O)/C=C/c2cccs2)CC1. The van der Waals surface area contributed by atoms with Crippen LogP contribution in [0.5, 0.6) is 0 Å². The van der Waals surface area contributed by atoms with E-state index in [4.69, 9.17) is 0 Å². The van der Waals surface area contributed by atoms with Crippen LogP contribution in [0, 0.1) is 0 Å². The number of benzene rings is 2. The number of nitrogens with one attached hydrogen (secondary N) is 1. The third kappa shape index (κ3) is 5.59. The molecule has 0 saturated carbocycles. The number of carbonyl (C=O) groups excluding carboxylic acids is 2. The van der Waals surface area contributed by atoms with E-state index < -0.39 is 5.54 Å². The molecule has 33 heavy (non-hydrogen) atoms. The molecule has 0 radical (unpaired) electrons. The number of piperidine rings is 1. The molecule has 1 fully saturated rings. The summed E-state index contributed by atoms with van der Waals surface area (Å²) in [5.41, 5.74) is 0.804. The van der Waals surface area contributed by atoms with Gasteiger partial charge in [-0.2, -0.15) is 0 Å². The van der Waals surface area contributed by atoms with Crippen LogP contribution in [-0.2, 0) is 16.1 Å². The first kappa shape index (κ1) is 23.0. The highest BCUT2D eigenvalue weighted by molar-refractivity contribution is 7.10. The molecule has 1 aromatic heterocycles. The van der Waals surface area contributed by atoms with Crippen LogP contribution >= 0.6 is 11.3 Å². The molecule has 170 valence electrons. The van der Waals surface area contributed by atoms with Crippen LogP contribution in [0.25, 0.3) is 6.08 Å². The van der Waals surface area contributed by atoms with E-state index in [0.717, 1.165) is 29.2 Å². The Balaban J connectivity index is 1.69. The van der Waals surface area contributed by atoms with E-state index in [2.05, 4.69) is 17.3 Å². The molecule has 0 bridgehead atoms. The van der Waals surface area contributed by atoms with Gasteiger partial charge in [0, 0.05) is 36.3 Å². The van der Waals surface area contributed by atoms with E-state index >= 15 is 0 Å². The van der Waals surface area contributed by atoms with Gasteiger partial charge in [0.1, 0.15) is 5.54 Å². The summed E-state index contributed by atoms with van der Waals surface area (Å²) in [5.74, 6) is -0.282. The first-order valence-electron chi connectivity index (χ1n) is 11.2. The average Bonchev–Trinajstić information content (AvgIpc) is 3.37. The Kier molecular flexibility index (Phi) is 7.37. The fourth-order valence-corrected chi connectivity index (χ4v) is 4.83. The Labute approximate surface area is 199 Å². The van der Waals surface area contributed by atoms with Gasteiger partial charge in [-0.05, 0) is 55.1 Å². The van der Waals surface area contributed by atoms with Gasteiger partial charge in [0.25, 0.3) is 0 Å². The van der Waals surface area contributed by atoms with Crippen molar-refractivity contribution in [3.8, 4) is 0 Å². The summed E-state index contributed by atoms with van der Waals surface area (Å²) in [6.45, 7) is 1.87. The van der Waals surface area contributed by atoms with Crippen molar-refractivity contribution >= 4 is 34.9 Å². The van der Waals surface area contributed by atoms with Crippen molar-refractivity contribution in [1.82, 2.24) is 9.80 Å². The Morgan fingerprint density at radius 1 is 1.00 bits per heavy atom. The molecular formula is C27H29N3O2S. The van der Waals surface area contributed by atoms with Crippen LogP contribution in [0.2, 0.25) is 0 Å². The number of likely N-dealkylation sites (tertiary alicyclic amines) is 1. The zero-order chi connectivity index (χ0) is 23.1. The lowest BCUT2D eigenvalue weighted by Crippen LogP contribution is -2.62. The van der Waals surface area contributed by atoms with Gasteiger partial charge in [-0.15, -0.1) is 11.3 Å². The summed E-state index contributed by atoms with van der Waals surface area (Å²) >= 11 is 1.58. The third-order valence-electron chi connectivity index (χ3n) is 6.17. The summed E-state index contributed by atoms with van der Waals surface area (Å²) in [4.78, 5) is 32.4. The lowest BCUT2D eigenvalue weighted by Gasteiger charge is -2.46. The molecule has 0 spiro atoms. The van der Waals surface area contributed by atoms with E-state index in [1.54, 1.807) is 22.3 Å². The molecule has 2 heterocycles. The maximum atomic E-state index is 13.8. The number of carbonyl (C=O) groups is 2. The number of nitrogens with zero attached hydrogens (tertiary/aromatic N) is 2. The molecule has 4 rings (SSSR count). The molecule has 0 aliphatic carbocycles. The Morgan fingerprint density at radius 3 is 2.30 bits per heavy atom. The highest BCUT2D eigenvalue weighted by Gasteiger charge is 2.47. The normalized spacial score (nSPS) is 15.9. The zero-order valence-electron chi connectivity index (χ0n) is 18.8. The second-order valence-electron chi connectivity index (χ2n) is 8.41. The maximum Gasteiger partial charge on any atom is 0.250 e. The van der Waals surface area contributed by atoms with Gasteiger partial charge in [0.2, 0.25) is 11.8 Å². The lowest BCUT2D eigenvalue weighted by molar-refractivity contribution is -0.146. The average molecular weight is 460 g/mol. The third-order valence-corrected chi connectivity index (χ3v) is 7.01. The monoisotopic (exact) mass is 459 g/mol. The molecule has 1 saturated heterocycles. The molecule has 3 aromatic rings. The summed E-state index contributed by atoms with van der Waals surface area (Å²) in [7, 11) is 2.05. The smallest absolute Gasteiger partial charge is 0.250 e. The molecule has 5 nitrogen and oxygen atoms in total. The van der Waals surface area contributed by atoms with Gasteiger partial charge in [-0.25, -0.2) is 0 Å². The van der Waals surface area contributed by atoms with Crippen molar-refractivity contribution in [1.29, 1.82) is 0 Å². The number of hydrogen-bond acceptors (Lipinski definition) is 4. The largest absolute Gasteiger partial charge is 0.324 e. The van der Waals surface area contributed by atoms with E-state index in [0.29, 0.717) is 19.4 Å². The first-order chi connectivity index (χ1) is 16.1. The number of hydrogen-bond donors (Lipinski definition) is 1. The highest BCUT2D eigenvalue weighted by Crippen LogP contribution is 2.32. The van der Waals surface area contributed by atoms with Crippen LogP contribution in [0.4, 0.5) is 5.69 Å². The summed E-state index contributed by atoms with van der Waals surface area (Å²) in [6, 6.07) is 23.3. The quantitative estimate of drug-likeness (QED) is 0.512. The van der Waals surface area contributed by atoms with Gasteiger partial charge in [-0.3, -0.25) is 9.59 Å². The van der Waals surface area contributed by atoms with Crippen LogP contribution in [-0.4, -0.2) is 47.3 Å². The minimum Gasteiger partial charge on any atom is -0.324 e. The fraction of sp³-hybridized carbons (Fsp3) is 0.259. The zero-order valence-corrected chi connectivity index (χ0v) is 19.6. The standard InChI is InChI=1S/C27H29N3O2S/c1-29-18-16-27(17-19-29,26(32)28-23-11-6-3-7-12-23)30(21-22-9-4-2-5-10-22)25(31)15-14-24-13-8-20-33-24/h2-15,20H,16-19,21H2,1H3,(H,28,32)/b15-14+. The molecule has 1 aliphatic rings. The van der Waals surface area contributed by atoms with Gasteiger partial charge in [-0.1, -0.05) is 54.6 Å². The van der Waals surface area contributed by atoms with Crippen molar-refractivity contribution in [2.45, 2.75) is 24.9 Å². The van der Waals surface area contributed by atoms with Crippen molar-refractivity contribution in [2.75, 3.05) is 25.5 Å². The number of thiophene rings is 1. The number of anilines is 1. The van der Waals surface area contributed by atoms with Gasteiger partial charge in [0.15, 0.2) is 0 Å². The lowest BCUT2D eigenvalue weighted by atomic mass is 9.83. The number of para-hydroxylation sites is 1. The van der Waals surface area contributed by atoms with Crippen molar-refractivity contribution in [3.63, 3.8) is 0 Å². The van der Waals surface area contributed by atoms with Crippen molar-refractivity contribution in [2.24, 2.45) is 0 Å². The predicted octanol–water partition coefficient (Wildman–Crippen LogP) is 4.89. The minimum absolute atomic E-state index is 0.129. The van der Waals surface area contributed by atoms with E-state index in [1.807, 2.05) is 84.3 Å². The van der Waals surface area contributed by atoms with Crippen LogP contribution in [0.1, 0.15) is 23.3 Å². The van der Waals surface area contributed by atoms with E-state index in [1.165, 1.54) is 0 Å². The maximum absolute atomic E-state index is 13.8. The Bertz CT molecular complexity index is 1070. The summed E-state index contributed by atoms with van der Waals surface area (Å²) in [5, 5.41) is 5.07. The highest BCUT2D eigenvalue weighted by atomic mass is 32.1. The Hall–Kier alpha value is -3.22. The van der Waals surface area contributed by atoms with Crippen LogP contribution in [0.15, 0.2) is 84.3 Å². The minimum atomic E-state index is -0.935. The molecule has 0 unspecified atom stereocenters. The molecule has 2 amide bonds. The molecule has 2 aromatic carbocycles. The Morgan fingerprint density at radius 2 is 1.67 bits per heavy atom. The predicted molar refractivity (Wildman–Crippen MR) is 135 cm³/mol.